The number of aryl methyl sites for hydroxylation is 1. The van der Waals surface area contributed by atoms with Gasteiger partial charge in [0.25, 0.3) is 11.5 Å². The fourth-order valence-electron chi connectivity index (χ4n) is 3.27. The highest BCUT2D eigenvalue weighted by Crippen LogP contribution is 2.24. The molecule has 1 N–H and O–H groups in total. The van der Waals surface area contributed by atoms with Crippen molar-refractivity contribution in [2.75, 3.05) is 4.90 Å². The fraction of sp³-hybridized carbons (Fsp3) is 0.0833. The number of anilines is 1. The van der Waals surface area contributed by atoms with E-state index in [0.29, 0.717) is 21.8 Å². The summed E-state index contributed by atoms with van der Waals surface area (Å²) < 4.78 is 0. The van der Waals surface area contributed by atoms with E-state index in [1.54, 1.807) is 29.2 Å². The molecule has 0 bridgehead atoms. The lowest BCUT2D eigenvalue weighted by molar-refractivity contribution is 0.0985. The average Bonchev–Trinajstić information content (AvgIpc) is 2.73. The Balaban J connectivity index is 1.80. The smallest absolute Gasteiger partial charge is 0.260 e. The third-order valence-electron chi connectivity index (χ3n) is 4.85. The minimum atomic E-state index is -0.257. The Hall–Kier alpha value is -3.37. The first-order chi connectivity index (χ1) is 14.0. The van der Waals surface area contributed by atoms with Crippen molar-refractivity contribution in [3.05, 3.63) is 111 Å². The first-order valence-electron chi connectivity index (χ1n) is 9.27. The fourth-order valence-corrected chi connectivity index (χ4v) is 3.48. The van der Waals surface area contributed by atoms with Crippen molar-refractivity contribution >= 4 is 34.1 Å². The van der Waals surface area contributed by atoms with Crippen LogP contribution in [0.1, 0.15) is 21.5 Å². The zero-order valence-electron chi connectivity index (χ0n) is 15.9. The summed E-state index contributed by atoms with van der Waals surface area (Å²) in [4.78, 5) is 30.5. The molecule has 4 rings (SSSR count). The van der Waals surface area contributed by atoms with E-state index in [9.17, 15) is 9.59 Å². The van der Waals surface area contributed by atoms with Crippen LogP contribution in [-0.4, -0.2) is 10.9 Å². The molecule has 0 aliphatic rings. The number of para-hydroxylation sites is 1. The normalized spacial score (nSPS) is 10.8. The number of benzene rings is 3. The molecule has 1 heterocycles. The number of hydrogen-bond acceptors (Lipinski definition) is 2. The number of aromatic amines is 1. The van der Waals surface area contributed by atoms with Crippen molar-refractivity contribution in [3.63, 3.8) is 0 Å². The molecular weight excluding hydrogens is 384 g/mol. The summed E-state index contributed by atoms with van der Waals surface area (Å²) in [6, 6.07) is 24.0. The van der Waals surface area contributed by atoms with Crippen LogP contribution in [0, 0.1) is 6.92 Å². The molecule has 0 fully saturated rings. The molecule has 4 aromatic rings. The molecule has 0 saturated heterocycles. The minimum Gasteiger partial charge on any atom is -0.322 e. The van der Waals surface area contributed by atoms with E-state index in [4.69, 9.17) is 11.6 Å². The maximum atomic E-state index is 13.4. The molecule has 1 aromatic heterocycles. The molecule has 29 heavy (non-hydrogen) atoms. The van der Waals surface area contributed by atoms with Crippen LogP contribution in [0.25, 0.3) is 10.9 Å². The van der Waals surface area contributed by atoms with Gasteiger partial charge in [-0.05, 0) is 48.7 Å². The highest BCUT2D eigenvalue weighted by atomic mass is 35.5. The Morgan fingerprint density at radius 2 is 1.66 bits per heavy atom. The van der Waals surface area contributed by atoms with Crippen LogP contribution in [0.2, 0.25) is 5.02 Å². The van der Waals surface area contributed by atoms with Crippen molar-refractivity contribution in [3.8, 4) is 0 Å². The van der Waals surface area contributed by atoms with Crippen LogP contribution in [-0.2, 0) is 6.54 Å². The van der Waals surface area contributed by atoms with Gasteiger partial charge in [-0.3, -0.25) is 9.59 Å². The van der Waals surface area contributed by atoms with E-state index in [-0.39, 0.29) is 18.0 Å². The van der Waals surface area contributed by atoms with Gasteiger partial charge in [0.05, 0.1) is 17.1 Å². The SMILES string of the molecule is Cc1ccc(N(Cc2cc3ccccc3[nH]c2=O)C(=O)c2ccccc2Cl)cc1. The van der Waals surface area contributed by atoms with Crippen molar-refractivity contribution < 1.29 is 4.79 Å². The van der Waals surface area contributed by atoms with Crippen LogP contribution < -0.4 is 10.5 Å². The number of carbonyl (C=O) groups excluding carboxylic acids is 1. The number of nitrogens with zero attached hydrogens (tertiary/aromatic N) is 1. The van der Waals surface area contributed by atoms with Gasteiger partial charge in [-0.15, -0.1) is 0 Å². The topological polar surface area (TPSA) is 53.2 Å². The number of pyridine rings is 1. The molecule has 0 aliphatic heterocycles. The predicted molar refractivity (Wildman–Crippen MR) is 118 cm³/mol. The second-order valence-electron chi connectivity index (χ2n) is 6.92. The minimum absolute atomic E-state index is 0.132. The third kappa shape index (κ3) is 3.93. The summed E-state index contributed by atoms with van der Waals surface area (Å²) >= 11 is 6.27. The standard InChI is InChI=1S/C24H19ClN2O2/c1-16-10-12-19(13-11-16)27(24(29)20-7-3-4-8-21(20)25)15-18-14-17-6-2-5-9-22(17)26-23(18)28/h2-14H,15H2,1H3,(H,26,28). The van der Waals surface area contributed by atoms with E-state index in [1.807, 2.05) is 61.5 Å². The molecule has 0 saturated carbocycles. The Morgan fingerprint density at radius 1 is 0.966 bits per heavy atom. The summed E-state index contributed by atoms with van der Waals surface area (Å²) in [6.07, 6.45) is 0. The first kappa shape index (κ1) is 19.0. The Labute approximate surface area is 173 Å². The van der Waals surface area contributed by atoms with Gasteiger partial charge in [-0.2, -0.15) is 0 Å². The average molecular weight is 403 g/mol. The molecule has 1 amide bonds. The highest BCUT2D eigenvalue weighted by Gasteiger charge is 2.21. The van der Waals surface area contributed by atoms with Gasteiger partial charge < -0.3 is 9.88 Å². The monoisotopic (exact) mass is 402 g/mol. The van der Waals surface area contributed by atoms with Crippen molar-refractivity contribution in [2.45, 2.75) is 13.5 Å². The number of aromatic nitrogens is 1. The number of carbonyl (C=O) groups is 1. The maximum Gasteiger partial charge on any atom is 0.260 e. The van der Waals surface area contributed by atoms with E-state index >= 15 is 0 Å². The van der Waals surface area contributed by atoms with Crippen LogP contribution >= 0.6 is 11.6 Å². The van der Waals surface area contributed by atoms with Crippen LogP contribution in [0.15, 0.2) is 83.7 Å². The van der Waals surface area contributed by atoms with E-state index in [2.05, 4.69) is 4.98 Å². The third-order valence-corrected chi connectivity index (χ3v) is 5.18. The van der Waals surface area contributed by atoms with Gasteiger partial charge in [0.1, 0.15) is 0 Å². The summed E-state index contributed by atoms with van der Waals surface area (Å²) in [5, 5.41) is 1.29. The maximum absolute atomic E-state index is 13.4. The van der Waals surface area contributed by atoms with Crippen molar-refractivity contribution in [1.29, 1.82) is 0 Å². The highest BCUT2D eigenvalue weighted by molar-refractivity contribution is 6.34. The number of halogens is 1. The Bertz CT molecular complexity index is 1250. The molecule has 5 heteroatoms. The lowest BCUT2D eigenvalue weighted by Crippen LogP contribution is -2.33. The summed E-state index contributed by atoms with van der Waals surface area (Å²) in [6.45, 7) is 2.12. The number of rotatable bonds is 4. The number of fused-ring (bicyclic) bond motifs is 1. The van der Waals surface area contributed by atoms with Crippen LogP contribution in [0.5, 0.6) is 0 Å². The van der Waals surface area contributed by atoms with Gasteiger partial charge >= 0.3 is 0 Å². The number of amides is 1. The zero-order valence-corrected chi connectivity index (χ0v) is 16.6. The molecule has 3 aromatic carbocycles. The first-order valence-corrected chi connectivity index (χ1v) is 9.65. The number of nitrogens with one attached hydrogen (secondary N) is 1. The molecule has 0 spiro atoms. The van der Waals surface area contributed by atoms with Crippen LogP contribution in [0.3, 0.4) is 0 Å². The van der Waals surface area contributed by atoms with Gasteiger partial charge in [0.2, 0.25) is 0 Å². The Morgan fingerprint density at radius 3 is 2.41 bits per heavy atom. The van der Waals surface area contributed by atoms with Gasteiger partial charge in [-0.1, -0.05) is 59.6 Å². The second kappa shape index (κ2) is 7.94. The summed E-state index contributed by atoms with van der Waals surface area (Å²) in [7, 11) is 0. The van der Waals surface area contributed by atoms with E-state index in [0.717, 1.165) is 16.5 Å². The largest absolute Gasteiger partial charge is 0.322 e. The molecule has 0 atom stereocenters. The number of hydrogen-bond donors (Lipinski definition) is 1. The lowest BCUT2D eigenvalue weighted by atomic mass is 10.1. The van der Waals surface area contributed by atoms with Gasteiger partial charge in [-0.25, -0.2) is 0 Å². The van der Waals surface area contributed by atoms with E-state index in [1.165, 1.54) is 0 Å². The van der Waals surface area contributed by atoms with E-state index < -0.39 is 0 Å². The molecule has 0 unspecified atom stereocenters. The van der Waals surface area contributed by atoms with Gasteiger partial charge in [0.15, 0.2) is 0 Å². The quantitative estimate of drug-likeness (QED) is 0.501. The zero-order chi connectivity index (χ0) is 20.4. The number of H-pyrrole nitrogens is 1. The summed E-state index contributed by atoms with van der Waals surface area (Å²) in [5.74, 6) is -0.257. The Kier molecular flexibility index (Phi) is 5.19. The molecule has 144 valence electrons. The van der Waals surface area contributed by atoms with Gasteiger partial charge in [0, 0.05) is 16.8 Å². The second-order valence-corrected chi connectivity index (χ2v) is 7.32. The lowest BCUT2D eigenvalue weighted by Gasteiger charge is -2.23. The van der Waals surface area contributed by atoms with Crippen LogP contribution in [0.4, 0.5) is 5.69 Å². The predicted octanol–water partition coefficient (Wildman–Crippen LogP) is 5.34. The van der Waals surface area contributed by atoms with Crippen molar-refractivity contribution in [2.24, 2.45) is 0 Å². The van der Waals surface area contributed by atoms with Crippen molar-refractivity contribution in [1.82, 2.24) is 4.98 Å². The summed E-state index contributed by atoms with van der Waals surface area (Å²) in [5.41, 5.74) is 3.24. The molecule has 0 aliphatic carbocycles. The molecule has 4 nitrogen and oxygen atoms in total. The molecular formula is C24H19ClN2O2. The molecule has 0 radical (unpaired) electrons.